The summed E-state index contributed by atoms with van der Waals surface area (Å²) in [5.41, 5.74) is 22.8. The molecule has 430 valence electrons. The van der Waals surface area contributed by atoms with Gasteiger partial charge < -0.3 is 95.7 Å². The lowest BCUT2D eigenvalue weighted by Crippen LogP contribution is -2.61. The average molecular weight is 1090 g/mol. The van der Waals surface area contributed by atoms with E-state index in [2.05, 4.69) is 42.2 Å². The van der Waals surface area contributed by atoms with Crippen LogP contribution in [0.25, 0.3) is 0 Å². The molecule has 30 heteroatoms. The molecule has 9 atom stereocenters. The van der Waals surface area contributed by atoms with Crippen LogP contribution in [-0.2, 0) is 59.2 Å². The van der Waals surface area contributed by atoms with Crippen molar-refractivity contribution in [2.75, 3.05) is 32.8 Å². The van der Waals surface area contributed by atoms with Gasteiger partial charge in [0.15, 0.2) is 5.96 Å². The van der Waals surface area contributed by atoms with Gasteiger partial charge in [0.05, 0.1) is 25.7 Å². The van der Waals surface area contributed by atoms with E-state index in [1.54, 1.807) is 13.8 Å². The monoisotopic (exact) mass is 1090 g/mol. The summed E-state index contributed by atoms with van der Waals surface area (Å²) in [6.45, 7) is 1.56. The lowest BCUT2D eigenvalue weighted by molar-refractivity contribution is -0.150. The lowest BCUT2D eigenvalue weighted by atomic mass is 10.0. The number of nitrogens with zero attached hydrogens (tertiary/aromatic N) is 2. The highest BCUT2D eigenvalue weighted by atomic mass is 16.4. The number of aliphatic carboxylic acids is 3. The van der Waals surface area contributed by atoms with Crippen LogP contribution < -0.4 is 60.2 Å². The normalized spacial score (nSPS) is 16.1. The summed E-state index contributed by atoms with van der Waals surface area (Å²) in [4.78, 5) is 150. The Morgan fingerprint density at radius 1 is 0.636 bits per heavy atom. The number of nitrogens with one attached hydrogen (secondary N) is 7. The van der Waals surface area contributed by atoms with Gasteiger partial charge in [-0.2, -0.15) is 0 Å². The van der Waals surface area contributed by atoms with Crippen molar-refractivity contribution < 1.29 is 83.4 Å². The highest BCUT2D eigenvalue weighted by molar-refractivity contribution is 5.99. The van der Waals surface area contributed by atoms with Crippen LogP contribution in [0.1, 0.15) is 90.0 Å². The molecule has 0 bridgehead atoms. The number of guanidine groups is 1. The fraction of sp³-hybridized carbons (Fsp3) is 0.617. The van der Waals surface area contributed by atoms with Crippen molar-refractivity contribution in [1.82, 2.24) is 42.1 Å². The zero-order valence-corrected chi connectivity index (χ0v) is 43.0. The van der Waals surface area contributed by atoms with E-state index in [4.69, 9.17) is 22.9 Å². The molecule has 21 N–H and O–H groups in total. The standard InChI is InChI=1S/C47H75N13O17/c1-24(2)19-27(49)38(68)58-33(22-61)44(74)57-32(21-37(66)67)42(72)53-28(7-3-4-16-48)40(70)56-31(20-25-10-12-26(63)13-11-25)41(71)59-34(23-62)43(73)54-29(8-5-17-52-47(50)51)39(69)55-30(14-15-36(64)65)45(75)60-18-6-9-35(60)46(76)77/h10-13,24,27-35,61-63H,3-9,14-23,48-49H2,1-2H3,(H,53,72)(H,54,73)(H,55,69)(H,56,70)(H,57,74)(H,58,68)(H,59,71)(H,64,65)(H,66,67)(H,76,77)(H4,50,51,52)/t27-,28-,29-,30-,31-,32-,33-,34-,35-/m0/s1. The molecule has 2 rings (SSSR count). The van der Waals surface area contributed by atoms with E-state index in [9.17, 15) is 83.4 Å². The number of aliphatic hydroxyl groups excluding tert-OH is 2. The molecular formula is C47H75N13O17. The molecule has 1 aromatic carbocycles. The maximum atomic E-state index is 14.2. The minimum atomic E-state index is -1.90. The summed E-state index contributed by atoms with van der Waals surface area (Å²) in [6, 6.07) is -8.84. The molecule has 1 aliphatic rings. The maximum absolute atomic E-state index is 14.2. The number of rotatable bonds is 35. The van der Waals surface area contributed by atoms with Crippen molar-refractivity contribution >= 4 is 71.1 Å². The van der Waals surface area contributed by atoms with E-state index in [0.29, 0.717) is 18.4 Å². The van der Waals surface area contributed by atoms with Crippen LogP contribution in [-0.4, -0.2) is 194 Å². The highest BCUT2D eigenvalue weighted by Crippen LogP contribution is 2.20. The molecule has 0 radical (unpaired) electrons. The number of carboxylic acids is 3. The predicted molar refractivity (Wildman–Crippen MR) is 271 cm³/mol. The minimum absolute atomic E-state index is 0.00135. The molecule has 77 heavy (non-hydrogen) atoms. The van der Waals surface area contributed by atoms with E-state index in [1.807, 2.05) is 0 Å². The molecule has 1 saturated heterocycles. The molecule has 8 amide bonds. The number of phenols is 1. The number of nitrogens with two attached hydrogens (primary N) is 4. The molecule has 0 unspecified atom stereocenters. The van der Waals surface area contributed by atoms with Gasteiger partial charge >= 0.3 is 17.9 Å². The lowest BCUT2D eigenvalue weighted by Gasteiger charge is -2.29. The number of amides is 8. The van der Waals surface area contributed by atoms with E-state index in [1.165, 1.54) is 24.3 Å². The maximum Gasteiger partial charge on any atom is 0.326 e. The van der Waals surface area contributed by atoms with Crippen molar-refractivity contribution in [1.29, 1.82) is 0 Å². The Morgan fingerprint density at radius 2 is 1.12 bits per heavy atom. The molecule has 1 fully saturated rings. The van der Waals surface area contributed by atoms with E-state index in [-0.39, 0.29) is 82.2 Å². The second kappa shape index (κ2) is 33.4. The third-order valence-corrected chi connectivity index (χ3v) is 12.0. The van der Waals surface area contributed by atoms with Gasteiger partial charge in [0.2, 0.25) is 47.3 Å². The summed E-state index contributed by atoms with van der Waals surface area (Å²) in [5.74, 6) is -13.2. The number of aromatic hydroxyl groups is 1. The molecule has 1 heterocycles. The van der Waals surface area contributed by atoms with Crippen LogP contribution in [0.2, 0.25) is 0 Å². The Hall–Kier alpha value is -7.70. The van der Waals surface area contributed by atoms with Crippen molar-refractivity contribution in [2.24, 2.45) is 33.8 Å². The van der Waals surface area contributed by atoms with Gasteiger partial charge in [0.25, 0.3) is 0 Å². The van der Waals surface area contributed by atoms with Crippen LogP contribution in [0, 0.1) is 5.92 Å². The molecule has 0 saturated carbocycles. The number of hydrogen-bond donors (Lipinski definition) is 17. The minimum Gasteiger partial charge on any atom is -0.508 e. The Kier molecular flexibility index (Phi) is 28.3. The van der Waals surface area contributed by atoms with Gasteiger partial charge in [-0.05, 0) is 87.9 Å². The van der Waals surface area contributed by atoms with E-state index >= 15 is 0 Å². The van der Waals surface area contributed by atoms with Crippen LogP contribution in [0.3, 0.4) is 0 Å². The van der Waals surface area contributed by atoms with Crippen molar-refractivity contribution in [2.45, 2.75) is 145 Å². The second-order valence-electron chi connectivity index (χ2n) is 18.7. The number of carbonyl (C=O) groups excluding carboxylic acids is 8. The number of phenolic OH excluding ortho intramolecular Hbond substituents is 1. The van der Waals surface area contributed by atoms with Gasteiger partial charge in [-0.3, -0.25) is 52.9 Å². The molecule has 0 spiro atoms. The predicted octanol–water partition coefficient (Wildman–Crippen LogP) is -5.72. The van der Waals surface area contributed by atoms with Gasteiger partial charge in [-0.15, -0.1) is 0 Å². The quantitative estimate of drug-likeness (QED) is 0.0171. The second-order valence-corrected chi connectivity index (χ2v) is 18.7. The first kappa shape index (κ1) is 65.4. The van der Waals surface area contributed by atoms with Crippen molar-refractivity contribution in [3.05, 3.63) is 29.8 Å². The number of hydrogen-bond acceptors (Lipinski definition) is 17. The summed E-state index contributed by atoms with van der Waals surface area (Å²) in [5, 5.41) is 75.5. The number of benzene rings is 1. The smallest absolute Gasteiger partial charge is 0.326 e. The number of likely N-dealkylation sites (tertiary alicyclic amines) is 1. The van der Waals surface area contributed by atoms with E-state index < -0.39 is 152 Å². The molecule has 1 aromatic rings. The van der Waals surface area contributed by atoms with Crippen LogP contribution >= 0.6 is 0 Å². The average Bonchev–Trinajstić information content (AvgIpc) is 3.87. The van der Waals surface area contributed by atoms with Gasteiger partial charge in [0.1, 0.15) is 54.1 Å². The summed E-state index contributed by atoms with van der Waals surface area (Å²) in [7, 11) is 0. The largest absolute Gasteiger partial charge is 0.508 e. The zero-order valence-electron chi connectivity index (χ0n) is 43.0. The molecule has 30 nitrogen and oxygen atoms in total. The van der Waals surface area contributed by atoms with Gasteiger partial charge in [0, 0.05) is 25.9 Å². The number of carbonyl (C=O) groups is 11. The fourth-order valence-corrected chi connectivity index (χ4v) is 7.92. The van der Waals surface area contributed by atoms with Crippen LogP contribution in [0.5, 0.6) is 5.75 Å². The SMILES string of the molecule is CC(C)C[C@H](N)C(=O)N[C@@H](CO)C(=O)N[C@@H](CC(=O)O)C(=O)N[C@@H](CCCCN)C(=O)N[C@@H](Cc1ccc(O)cc1)C(=O)N[C@@H](CO)C(=O)N[C@@H](CCCN=C(N)N)C(=O)N[C@@H](CCC(=O)O)C(=O)N1CCC[C@H]1C(=O)O. The molecule has 1 aliphatic heterocycles. The van der Waals surface area contributed by atoms with E-state index in [0.717, 1.165) is 4.90 Å². The number of aliphatic imine (C=N–C) groups is 1. The molecular weight excluding hydrogens is 1020 g/mol. The Bertz CT molecular complexity index is 2230. The van der Waals surface area contributed by atoms with Crippen molar-refractivity contribution in [3.63, 3.8) is 0 Å². The summed E-state index contributed by atoms with van der Waals surface area (Å²) >= 11 is 0. The van der Waals surface area contributed by atoms with Gasteiger partial charge in [-0.25, -0.2) is 4.79 Å². The van der Waals surface area contributed by atoms with Crippen LogP contribution in [0.15, 0.2) is 29.3 Å². The van der Waals surface area contributed by atoms with Crippen LogP contribution in [0.4, 0.5) is 0 Å². The first-order chi connectivity index (χ1) is 36.3. The Balaban J connectivity index is 2.47. The molecule has 0 aliphatic carbocycles. The summed E-state index contributed by atoms with van der Waals surface area (Å²) in [6.07, 6.45) is -1.80. The third kappa shape index (κ3) is 23.4. The first-order valence-electron chi connectivity index (χ1n) is 24.9. The number of unbranched alkanes of at least 4 members (excludes halogenated alkanes) is 1. The Morgan fingerprint density at radius 3 is 1.62 bits per heavy atom. The molecule has 0 aromatic heterocycles. The summed E-state index contributed by atoms with van der Waals surface area (Å²) < 4.78 is 0. The highest BCUT2D eigenvalue weighted by Gasteiger charge is 2.39. The fourth-order valence-electron chi connectivity index (χ4n) is 7.92. The Labute approximate surface area is 443 Å². The van der Waals surface area contributed by atoms with Crippen molar-refractivity contribution in [3.8, 4) is 5.75 Å². The topological polar surface area (TPSA) is 513 Å². The van der Waals surface area contributed by atoms with Gasteiger partial charge in [-0.1, -0.05) is 26.0 Å². The first-order valence-corrected chi connectivity index (χ1v) is 24.9. The number of carboxylic acid groups (broad SMARTS) is 3. The third-order valence-electron chi connectivity index (χ3n) is 12.0. The zero-order chi connectivity index (χ0) is 57.9. The number of aliphatic hydroxyl groups is 2.